The van der Waals surface area contributed by atoms with Crippen LogP contribution in [0.25, 0.3) is 78.9 Å². The Balaban J connectivity index is 0.000000148. The van der Waals surface area contributed by atoms with Crippen LogP contribution >= 0.6 is 77.2 Å². The quantitative estimate of drug-likeness (QED) is 0.0946. The van der Waals surface area contributed by atoms with E-state index in [1.807, 2.05) is 45.3 Å². The summed E-state index contributed by atoms with van der Waals surface area (Å²) in [6.07, 6.45) is 13.3. The van der Waals surface area contributed by atoms with Gasteiger partial charge >= 0.3 is 353 Å². The van der Waals surface area contributed by atoms with Crippen molar-refractivity contribution in [2.24, 2.45) is 0 Å². The second-order valence-electron chi connectivity index (χ2n) is 13.9. The van der Waals surface area contributed by atoms with Crippen LogP contribution in [-0.2, 0) is 12.8 Å². The summed E-state index contributed by atoms with van der Waals surface area (Å²) in [4.78, 5) is 3.15. The van der Waals surface area contributed by atoms with Crippen molar-refractivity contribution < 1.29 is 0 Å². The molecular formula is C44H38Br2S4Se2. The van der Waals surface area contributed by atoms with Gasteiger partial charge in [-0.05, 0) is 0 Å². The summed E-state index contributed by atoms with van der Waals surface area (Å²) in [6.45, 7) is 4.58. The zero-order valence-corrected chi connectivity index (χ0v) is 39.1. The maximum absolute atomic E-state index is 3.60. The van der Waals surface area contributed by atoms with E-state index in [9.17, 15) is 0 Å². The van der Waals surface area contributed by atoms with E-state index < -0.39 is 0 Å². The molecule has 0 amide bonds. The number of hydrogen-bond donors (Lipinski definition) is 0. The topological polar surface area (TPSA) is 0 Å². The Morgan fingerprint density at radius 3 is 1.12 bits per heavy atom. The van der Waals surface area contributed by atoms with Crippen molar-refractivity contribution in [3.63, 3.8) is 0 Å². The summed E-state index contributed by atoms with van der Waals surface area (Å²) in [5.41, 5.74) is 0. The standard InChI is InChI=1S/C28H32S2Se.C16H6Br2S2Se/c1-3-5-7-9-11-21-13-19-15-23-24-16-20-14-22(12-10-8-6-4-2)30-26(20)18-28(24)31-27(23)17-25(19)29-21;17-15-3-7-1-9-10-2-8-4-16(18)20-12(8)6-14(10)21-13(9)5-11(7)19-15/h13-18H,3-12H2,1-2H3;1-6H. The van der Waals surface area contributed by atoms with Crippen molar-refractivity contribution in [2.75, 3.05) is 0 Å². The molecule has 4 aromatic carbocycles. The molecule has 10 aromatic rings. The van der Waals surface area contributed by atoms with Crippen LogP contribution in [0.3, 0.4) is 0 Å². The van der Waals surface area contributed by atoms with Crippen LogP contribution in [0.4, 0.5) is 0 Å². The molecule has 8 heteroatoms. The van der Waals surface area contributed by atoms with Crippen molar-refractivity contribution in [1.29, 1.82) is 0 Å². The third kappa shape index (κ3) is 7.37. The predicted molar refractivity (Wildman–Crippen MR) is 249 cm³/mol. The minimum atomic E-state index is 0.431. The van der Waals surface area contributed by atoms with Crippen LogP contribution < -0.4 is 0 Å². The van der Waals surface area contributed by atoms with Crippen molar-refractivity contribution >= 4 is 185 Å². The first-order valence-corrected chi connectivity index (χ1v) is 26.7. The van der Waals surface area contributed by atoms with Gasteiger partial charge in [0.2, 0.25) is 0 Å². The molecule has 0 spiro atoms. The molecule has 52 heavy (non-hydrogen) atoms. The molecule has 0 N–H and O–H groups in total. The molecule has 0 radical (unpaired) electrons. The van der Waals surface area contributed by atoms with Crippen molar-refractivity contribution in [1.82, 2.24) is 0 Å². The molecule has 0 saturated carbocycles. The number of fused-ring (bicyclic) bond motifs is 10. The first-order chi connectivity index (χ1) is 25.4. The fourth-order valence-corrected chi connectivity index (χ4v) is 18.3. The molecule has 6 heterocycles. The Hall–Kier alpha value is -1.28. The number of rotatable bonds is 10. The van der Waals surface area contributed by atoms with E-state index in [2.05, 4.69) is 119 Å². The van der Waals surface area contributed by atoms with Gasteiger partial charge in [0.25, 0.3) is 0 Å². The zero-order valence-electron chi connectivity index (χ0n) is 29.2. The molecule has 0 unspecified atom stereocenters. The average Bonchev–Trinajstić information content (AvgIpc) is 3.97. The van der Waals surface area contributed by atoms with Crippen LogP contribution in [0.1, 0.15) is 75.0 Å². The Kier molecular flexibility index (Phi) is 11.0. The first-order valence-electron chi connectivity index (χ1n) is 18.4. The fraction of sp³-hybridized carbons (Fsp3) is 0.273. The van der Waals surface area contributed by atoms with E-state index in [1.54, 1.807) is 18.3 Å². The molecule has 0 atom stereocenters. The Morgan fingerprint density at radius 1 is 0.404 bits per heavy atom. The van der Waals surface area contributed by atoms with E-state index in [-0.39, 0.29) is 0 Å². The summed E-state index contributed by atoms with van der Waals surface area (Å²) in [5.74, 6) is 0. The first kappa shape index (κ1) is 36.4. The van der Waals surface area contributed by atoms with Gasteiger partial charge in [0.05, 0.1) is 0 Å². The molecule has 0 bridgehead atoms. The molecule has 6 aromatic heterocycles. The van der Waals surface area contributed by atoms with Crippen LogP contribution in [0.5, 0.6) is 0 Å². The zero-order chi connectivity index (χ0) is 35.3. The number of aryl methyl sites for hydroxylation is 2. The van der Waals surface area contributed by atoms with Crippen molar-refractivity contribution in [3.8, 4) is 0 Å². The van der Waals surface area contributed by atoms with Gasteiger partial charge in [-0.25, -0.2) is 0 Å². The molecular weight excluding hydrogens is 974 g/mol. The number of thiophene rings is 4. The third-order valence-electron chi connectivity index (χ3n) is 10.1. The number of halogens is 2. The molecule has 0 aliphatic heterocycles. The molecule has 0 fully saturated rings. The monoisotopic (exact) mass is 1010 g/mol. The average molecular weight is 1010 g/mol. The number of hydrogen-bond acceptors (Lipinski definition) is 4. The second kappa shape index (κ2) is 15.7. The van der Waals surface area contributed by atoms with Crippen molar-refractivity contribution in [3.05, 3.63) is 90.1 Å². The summed E-state index contributed by atoms with van der Waals surface area (Å²) < 4.78 is 14.4. The molecule has 0 aliphatic rings. The van der Waals surface area contributed by atoms with Gasteiger partial charge in [-0.2, -0.15) is 0 Å². The van der Waals surface area contributed by atoms with E-state index in [0.717, 1.165) is 0 Å². The van der Waals surface area contributed by atoms with Crippen LogP contribution in [-0.4, -0.2) is 29.0 Å². The summed E-state index contributed by atoms with van der Waals surface area (Å²) >= 11 is 15.8. The van der Waals surface area contributed by atoms with Gasteiger partial charge in [0, 0.05) is 0 Å². The Bertz CT molecular complexity index is 2680. The second-order valence-corrected chi connectivity index (χ2v) is 25.7. The van der Waals surface area contributed by atoms with E-state index >= 15 is 0 Å². The van der Waals surface area contributed by atoms with Gasteiger partial charge in [0.15, 0.2) is 0 Å². The van der Waals surface area contributed by atoms with Gasteiger partial charge in [-0.15, -0.1) is 0 Å². The normalized spacial score (nSPS) is 12.2. The van der Waals surface area contributed by atoms with Crippen LogP contribution in [0.2, 0.25) is 0 Å². The number of unbranched alkanes of at least 4 members (excludes halogenated alkanes) is 6. The summed E-state index contributed by atoms with van der Waals surface area (Å²) in [6, 6.07) is 28.9. The molecule has 0 saturated heterocycles. The third-order valence-corrected chi connectivity index (χ3v) is 20.3. The molecule has 264 valence electrons. The van der Waals surface area contributed by atoms with Crippen molar-refractivity contribution in [2.45, 2.75) is 78.1 Å². The van der Waals surface area contributed by atoms with E-state index in [1.165, 1.54) is 142 Å². The molecule has 10 rings (SSSR count). The minimum absolute atomic E-state index is 0.431. The van der Waals surface area contributed by atoms with Crippen LogP contribution in [0, 0.1) is 0 Å². The van der Waals surface area contributed by atoms with Gasteiger partial charge in [0.1, 0.15) is 0 Å². The molecule has 0 nitrogen and oxygen atoms in total. The molecule has 0 aliphatic carbocycles. The van der Waals surface area contributed by atoms with Crippen LogP contribution in [0.15, 0.2) is 80.4 Å². The van der Waals surface area contributed by atoms with Gasteiger partial charge in [-0.3, -0.25) is 0 Å². The Morgan fingerprint density at radius 2 is 0.750 bits per heavy atom. The van der Waals surface area contributed by atoms with E-state index in [0.29, 0.717) is 29.0 Å². The maximum atomic E-state index is 3.60. The van der Waals surface area contributed by atoms with Gasteiger partial charge in [-0.1, -0.05) is 0 Å². The SMILES string of the molecule is Brc1cc2cc3c(cc2s1)[se]c1cc2sc(Br)cc2cc13.CCCCCCc1cc2cc3c(cc2s1)[se]c1cc2sc(CCCCCC)cc2cc13. The summed E-state index contributed by atoms with van der Waals surface area (Å²) in [5, 5.41) is 11.5. The van der Waals surface area contributed by atoms with E-state index in [4.69, 9.17) is 0 Å². The Labute approximate surface area is 349 Å². The number of benzene rings is 4. The van der Waals surface area contributed by atoms with Gasteiger partial charge < -0.3 is 0 Å². The fourth-order valence-electron chi connectivity index (χ4n) is 7.43. The predicted octanol–water partition coefficient (Wildman–Crippen LogP) is 16.7. The summed E-state index contributed by atoms with van der Waals surface area (Å²) in [7, 11) is 0.